The molecule has 4 rings (SSSR count). The van der Waals surface area contributed by atoms with Gasteiger partial charge in [-0.15, -0.1) is 0 Å². The Balaban J connectivity index is 1.92. The van der Waals surface area contributed by atoms with Crippen LogP contribution in [0.25, 0.3) is 0 Å². The van der Waals surface area contributed by atoms with Crippen molar-refractivity contribution in [1.29, 1.82) is 0 Å². The lowest BCUT2D eigenvalue weighted by Gasteiger charge is -2.42. The summed E-state index contributed by atoms with van der Waals surface area (Å²) in [5, 5.41) is 0. The summed E-state index contributed by atoms with van der Waals surface area (Å²) in [5.41, 5.74) is 4.37. The normalized spacial score (nSPS) is 34.4. The zero-order valence-corrected chi connectivity index (χ0v) is 14.5. The molecule has 0 N–H and O–H groups in total. The van der Waals surface area contributed by atoms with Gasteiger partial charge in [-0.3, -0.25) is 0 Å². The Morgan fingerprint density at radius 3 is 2.67 bits per heavy atom. The largest absolute Gasteiger partial charge is 0.466 e. The average molecular weight is 328 g/mol. The van der Waals surface area contributed by atoms with Gasteiger partial charge in [-0.1, -0.05) is 31.2 Å². The van der Waals surface area contributed by atoms with E-state index in [0.717, 1.165) is 30.6 Å². The molecular weight excluding hydrogens is 304 g/mol. The summed E-state index contributed by atoms with van der Waals surface area (Å²) in [6.07, 6.45) is 1.94. The Morgan fingerprint density at radius 1 is 1.21 bits per heavy atom. The van der Waals surface area contributed by atoms with Gasteiger partial charge in [0.25, 0.3) is 0 Å². The molecular formula is C20H24O4. The first kappa shape index (κ1) is 15.9. The van der Waals surface area contributed by atoms with Gasteiger partial charge in [-0.25, -0.2) is 4.79 Å². The highest BCUT2D eigenvalue weighted by atomic mass is 16.5. The second-order valence-corrected chi connectivity index (χ2v) is 7.02. The molecule has 1 heterocycles. The molecule has 1 aromatic carbocycles. The zero-order valence-electron chi connectivity index (χ0n) is 14.5. The quantitative estimate of drug-likeness (QED) is 0.781. The molecule has 128 valence electrons. The first-order valence-corrected chi connectivity index (χ1v) is 8.73. The topological polar surface area (TPSA) is 44.8 Å². The molecule has 5 atom stereocenters. The Morgan fingerprint density at radius 2 is 1.96 bits per heavy atom. The van der Waals surface area contributed by atoms with Gasteiger partial charge in [0.1, 0.15) is 0 Å². The number of hydrogen-bond acceptors (Lipinski definition) is 4. The predicted octanol–water partition coefficient (Wildman–Crippen LogP) is 3.39. The third kappa shape index (κ3) is 2.09. The van der Waals surface area contributed by atoms with Crippen LogP contribution in [0.3, 0.4) is 0 Å². The Kier molecular flexibility index (Phi) is 3.97. The lowest BCUT2D eigenvalue weighted by atomic mass is 9.67. The van der Waals surface area contributed by atoms with Crippen molar-refractivity contribution in [3.05, 3.63) is 46.5 Å². The molecule has 0 aromatic heterocycles. The van der Waals surface area contributed by atoms with Crippen molar-refractivity contribution in [2.24, 2.45) is 11.8 Å². The second-order valence-electron chi connectivity index (χ2n) is 7.02. The number of methoxy groups -OCH3 is 2. The zero-order chi connectivity index (χ0) is 16.8. The van der Waals surface area contributed by atoms with Gasteiger partial charge in [0, 0.05) is 31.1 Å². The number of carbonyl (C=O) groups excluding carboxylic acids is 1. The molecule has 0 radical (unpaired) electrons. The number of esters is 1. The van der Waals surface area contributed by atoms with Gasteiger partial charge in [0.05, 0.1) is 19.3 Å². The maximum absolute atomic E-state index is 12.6. The van der Waals surface area contributed by atoms with Crippen LogP contribution in [0, 0.1) is 11.8 Å². The smallest absolute Gasteiger partial charge is 0.334 e. The van der Waals surface area contributed by atoms with Crippen LogP contribution in [0.5, 0.6) is 0 Å². The number of ether oxygens (including phenoxy) is 3. The molecule has 0 amide bonds. The molecule has 24 heavy (non-hydrogen) atoms. The number of carbonyl (C=O) groups is 1. The van der Waals surface area contributed by atoms with Crippen molar-refractivity contribution in [3.63, 3.8) is 0 Å². The van der Waals surface area contributed by atoms with E-state index < -0.39 is 0 Å². The summed E-state index contributed by atoms with van der Waals surface area (Å²) in [4.78, 5) is 12.6. The van der Waals surface area contributed by atoms with Crippen molar-refractivity contribution < 1.29 is 19.0 Å². The van der Waals surface area contributed by atoms with Crippen LogP contribution in [-0.4, -0.2) is 32.9 Å². The van der Waals surface area contributed by atoms with Crippen molar-refractivity contribution in [3.8, 4) is 0 Å². The van der Waals surface area contributed by atoms with E-state index in [0.29, 0.717) is 0 Å². The molecule has 1 saturated heterocycles. The SMILES string of the molecule is COC(=O)C1=C2CCCO[C@H]2[C@@H]2[C@H](C)[C@@H](OC)c3ccccc3[C@H]12. The Labute approximate surface area is 142 Å². The predicted molar refractivity (Wildman–Crippen MR) is 89.6 cm³/mol. The fourth-order valence-electron chi connectivity index (χ4n) is 5.10. The standard InChI is InChI=1S/C20H24O4/c1-11-15-16(12-7-4-5-8-13(12)18(11)22-2)17(20(21)23-3)14-9-6-10-24-19(14)15/h4-5,7-8,11,15-16,18-19H,6,9-10H2,1-3H3/t11-,15+,16-,18+,19+/m0/s1. The number of rotatable bonds is 2. The number of hydrogen-bond donors (Lipinski definition) is 0. The van der Waals surface area contributed by atoms with Gasteiger partial charge >= 0.3 is 5.97 Å². The minimum absolute atomic E-state index is 0.0128. The highest BCUT2D eigenvalue weighted by Crippen LogP contribution is 2.58. The van der Waals surface area contributed by atoms with E-state index in [4.69, 9.17) is 14.2 Å². The highest BCUT2D eigenvalue weighted by molar-refractivity contribution is 5.92. The lowest BCUT2D eigenvalue weighted by Crippen LogP contribution is -2.39. The summed E-state index contributed by atoms with van der Waals surface area (Å²) in [5.74, 6) is 0.350. The third-order valence-electron chi connectivity index (χ3n) is 6.00. The monoisotopic (exact) mass is 328 g/mol. The molecule has 4 heteroatoms. The second kappa shape index (κ2) is 6.01. The molecule has 1 aliphatic heterocycles. The maximum Gasteiger partial charge on any atom is 0.334 e. The van der Waals surface area contributed by atoms with E-state index in [1.807, 2.05) is 12.1 Å². The van der Waals surface area contributed by atoms with E-state index in [-0.39, 0.29) is 35.9 Å². The summed E-state index contributed by atoms with van der Waals surface area (Å²) < 4.78 is 17.2. The average Bonchev–Trinajstić information content (AvgIpc) is 2.97. The van der Waals surface area contributed by atoms with Crippen LogP contribution in [0.2, 0.25) is 0 Å². The van der Waals surface area contributed by atoms with Gasteiger partial charge in [0.15, 0.2) is 0 Å². The first-order chi connectivity index (χ1) is 11.7. The van der Waals surface area contributed by atoms with E-state index in [1.165, 1.54) is 18.2 Å². The minimum atomic E-state index is -0.203. The number of benzene rings is 1. The fraction of sp³-hybridized carbons (Fsp3) is 0.550. The van der Waals surface area contributed by atoms with Crippen LogP contribution in [0.1, 0.15) is 42.9 Å². The van der Waals surface area contributed by atoms with Gasteiger partial charge in [0.2, 0.25) is 0 Å². The van der Waals surface area contributed by atoms with E-state index in [1.54, 1.807) is 7.11 Å². The minimum Gasteiger partial charge on any atom is -0.466 e. The Hall–Kier alpha value is -1.65. The molecule has 1 fully saturated rings. The third-order valence-corrected chi connectivity index (χ3v) is 6.00. The maximum atomic E-state index is 12.6. The van der Waals surface area contributed by atoms with Crippen LogP contribution >= 0.6 is 0 Å². The molecule has 2 aliphatic carbocycles. The summed E-state index contributed by atoms with van der Waals surface area (Å²) >= 11 is 0. The molecule has 0 spiro atoms. The van der Waals surface area contributed by atoms with Crippen molar-refractivity contribution in [1.82, 2.24) is 0 Å². The molecule has 3 aliphatic rings. The molecule has 0 unspecified atom stereocenters. The van der Waals surface area contributed by atoms with Crippen LogP contribution in [0.15, 0.2) is 35.4 Å². The van der Waals surface area contributed by atoms with Crippen molar-refractivity contribution >= 4 is 5.97 Å². The Bertz CT molecular complexity index is 693. The van der Waals surface area contributed by atoms with Crippen molar-refractivity contribution in [2.75, 3.05) is 20.8 Å². The lowest BCUT2D eigenvalue weighted by molar-refractivity contribution is -0.136. The summed E-state index contributed by atoms with van der Waals surface area (Å²) in [6, 6.07) is 8.34. The van der Waals surface area contributed by atoms with Crippen molar-refractivity contribution in [2.45, 2.75) is 37.9 Å². The molecule has 1 aromatic rings. The first-order valence-electron chi connectivity index (χ1n) is 8.73. The molecule has 0 bridgehead atoms. The van der Waals surface area contributed by atoms with Crippen LogP contribution in [-0.2, 0) is 19.0 Å². The van der Waals surface area contributed by atoms with Crippen LogP contribution in [0.4, 0.5) is 0 Å². The fourth-order valence-corrected chi connectivity index (χ4v) is 5.10. The summed E-state index contributed by atoms with van der Waals surface area (Å²) in [6.45, 7) is 2.98. The van der Waals surface area contributed by atoms with Gasteiger partial charge in [-0.2, -0.15) is 0 Å². The van der Waals surface area contributed by atoms with Gasteiger partial charge in [-0.05, 0) is 35.5 Å². The van der Waals surface area contributed by atoms with E-state index >= 15 is 0 Å². The van der Waals surface area contributed by atoms with Crippen LogP contribution < -0.4 is 0 Å². The highest BCUT2D eigenvalue weighted by Gasteiger charge is 2.54. The van der Waals surface area contributed by atoms with Gasteiger partial charge < -0.3 is 14.2 Å². The molecule has 0 saturated carbocycles. The van der Waals surface area contributed by atoms with E-state index in [9.17, 15) is 4.79 Å². The van der Waals surface area contributed by atoms with E-state index in [2.05, 4.69) is 19.1 Å². The summed E-state index contributed by atoms with van der Waals surface area (Å²) in [7, 11) is 3.24. The number of fused-ring (bicyclic) bond motifs is 5. The molecule has 4 nitrogen and oxygen atoms in total.